The summed E-state index contributed by atoms with van der Waals surface area (Å²) in [6.07, 6.45) is 3.12. The zero-order valence-electron chi connectivity index (χ0n) is 20.3. The summed E-state index contributed by atoms with van der Waals surface area (Å²) in [5, 5.41) is 12.2. The highest BCUT2D eigenvalue weighted by atomic mass is 16.5. The number of ether oxygens (including phenoxy) is 1. The first-order valence-electron chi connectivity index (χ1n) is 12.4. The first-order valence-corrected chi connectivity index (χ1v) is 12.4. The van der Waals surface area contributed by atoms with Gasteiger partial charge in [-0.25, -0.2) is 4.79 Å². The van der Waals surface area contributed by atoms with Crippen LogP contribution in [0.1, 0.15) is 53.6 Å². The van der Waals surface area contributed by atoms with Gasteiger partial charge in [0.15, 0.2) is 0 Å². The molecule has 0 aromatic heterocycles. The first-order chi connectivity index (χ1) is 17.0. The monoisotopic (exact) mass is 465 g/mol. The van der Waals surface area contributed by atoms with Crippen molar-refractivity contribution in [2.75, 3.05) is 11.4 Å². The van der Waals surface area contributed by atoms with Crippen molar-refractivity contribution in [3.63, 3.8) is 0 Å². The Morgan fingerprint density at radius 1 is 1.00 bits per heavy atom. The van der Waals surface area contributed by atoms with Gasteiger partial charge in [-0.3, -0.25) is 0 Å². The van der Waals surface area contributed by atoms with Crippen molar-refractivity contribution in [3.05, 3.63) is 102 Å². The molecule has 1 heterocycles. The van der Waals surface area contributed by atoms with Crippen LogP contribution in [0.25, 0.3) is 10.8 Å². The number of rotatable bonds is 7. The van der Waals surface area contributed by atoms with E-state index >= 15 is 0 Å². The molecule has 4 aromatic rings. The van der Waals surface area contributed by atoms with Gasteiger partial charge < -0.3 is 14.7 Å². The zero-order chi connectivity index (χ0) is 24.4. The number of para-hydroxylation sites is 2. The molecule has 1 unspecified atom stereocenters. The number of carboxylic acid groups (broad SMARTS) is 1. The molecule has 4 nitrogen and oxygen atoms in total. The smallest absolute Gasteiger partial charge is 0.335 e. The second-order valence-corrected chi connectivity index (χ2v) is 9.52. The van der Waals surface area contributed by atoms with Crippen molar-refractivity contribution in [2.45, 2.75) is 45.1 Å². The summed E-state index contributed by atoms with van der Waals surface area (Å²) in [5.74, 6) is 0.403. The van der Waals surface area contributed by atoms with Crippen LogP contribution in [-0.2, 0) is 0 Å². The Kier molecular flexibility index (Phi) is 6.45. The minimum atomic E-state index is -0.910. The number of fused-ring (bicyclic) bond motifs is 2. The Hall–Kier alpha value is -3.79. The minimum absolute atomic E-state index is 0.0394. The van der Waals surface area contributed by atoms with Crippen LogP contribution in [0, 0.1) is 6.92 Å². The Morgan fingerprint density at radius 3 is 2.63 bits per heavy atom. The van der Waals surface area contributed by atoms with E-state index in [0.29, 0.717) is 18.0 Å². The van der Waals surface area contributed by atoms with Crippen LogP contribution in [0.5, 0.6) is 5.75 Å². The van der Waals surface area contributed by atoms with Crippen LogP contribution >= 0.6 is 0 Å². The molecular formula is C31H31NO3. The lowest BCUT2D eigenvalue weighted by atomic mass is 9.90. The van der Waals surface area contributed by atoms with E-state index in [1.54, 1.807) is 12.1 Å². The third-order valence-corrected chi connectivity index (χ3v) is 7.10. The first kappa shape index (κ1) is 23.0. The molecule has 0 aliphatic carbocycles. The van der Waals surface area contributed by atoms with Crippen molar-refractivity contribution in [2.24, 2.45) is 0 Å². The maximum absolute atomic E-state index is 11.6. The van der Waals surface area contributed by atoms with Crippen molar-refractivity contribution < 1.29 is 14.6 Å². The van der Waals surface area contributed by atoms with E-state index < -0.39 is 5.97 Å². The van der Waals surface area contributed by atoms with Crippen molar-refractivity contribution >= 4 is 28.1 Å². The summed E-state index contributed by atoms with van der Waals surface area (Å²) in [6.45, 7) is 5.04. The summed E-state index contributed by atoms with van der Waals surface area (Å²) in [6, 6.07) is 28.5. The van der Waals surface area contributed by atoms with Gasteiger partial charge in [0, 0.05) is 5.69 Å². The highest BCUT2D eigenvalue weighted by Gasteiger charge is 2.28. The van der Waals surface area contributed by atoms with Crippen LogP contribution < -0.4 is 9.64 Å². The molecule has 0 fully saturated rings. The Bertz CT molecular complexity index is 1360. The normalized spacial score (nSPS) is 15.9. The predicted octanol–water partition coefficient (Wildman–Crippen LogP) is 7.72. The van der Waals surface area contributed by atoms with Crippen molar-refractivity contribution in [1.29, 1.82) is 0 Å². The molecule has 0 bridgehead atoms. The van der Waals surface area contributed by atoms with Gasteiger partial charge in [-0.1, -0.05) is 67.6 Å². The summed E-state index contributed by atoms with van der Waals surface area (Å²) in [5.41, 5.74) is 4.67. The predicted molar refractivity (Wildman–Crippen MR) is 142 cm³/mol. The van der Waals surface area contributed by atoms with E-state index in [9.17, 15) is 9.90 Å². The number of nitrogens with zero attached hydrogens (tertiary/aromatic N) is 1. The molecule has 4 aromatic carbocycles. The fourth-order valence-corrected chi connectivity index (χ4v) is 5.20. The fraction of sp³-hybridized carbons (Fsp3) is 0.258. The highest BCUT2D eigenvalue weighted by molar-refractivity contribution is 5.90. The van der Waals surface area contributed by atoms with Gasteiger partial charge in [-0.2, -0.15) is 0 Å². The number of benzene rings is 4. The quantitative estimate of drug-likeness (QED) is 0.303. The van der Waals surface area contributed by atoms with Gasteiger partial charge >= 0.3 is 5.97 Å². The number of hydrogen-bond donors (Lipinski definition) is 1. The lowest BCUT2D eigenvalue weighted by Crippen LogP contribution is -2.37. The van der Waals surface area contributed by atoms with E-state index in [1.165, 1.54) is 16.3 Å². The summed E-state index contributed by atoms with van der Waals surface area (Å²) >= 11 is 0. The standard InChI is InChI=1S/C31H31NO3/c1-21(26-14-8-11-23-10-3-4-13-27(23)26)9-7-12-25-20-32(28-15-5-6-16-30(28)35-25)29-19-24(31(33)34)18-17-22(29)2/h3-6,8,10-11,13-19,21,25H,7,9,12,20H2,1-2H3,(H,33,34)/t21-,25?/m0/s1. The molecule has 0 saturated carbocycles. The van der Waals surface area contributed by atoms with Crippen molar-refractivity contribution in [3.8, 4) is 5.75 Å². The molecule has 2 atom stereocenters. The molecule has 0 amide bonds. The minimum Gasteiger partial charge on any atom is -0.486 e. The molecule has 0 saturated heterocycles. The molecular weight excluding hydrogens is 434 g/mol. The number of aryl methyl sites for hydroxylation is 1. The average molecular weight is 466 g/mol. The second-order valence-electron chi connectivity index (χ2n) is 9.52. The van der Waals surface area contributed by atoms with E-state index in [0.717, 1.165) is 42.0 Å². The number of anilines is 2. The summed E-state index contributed by atoms with van der Waals surface area (Å²) in [7, 11) is 0. The number of aromatic carboxylic acids is 1. The number of hydrogen-bond acceptors (Lipinski definition) is 3. The van der Waals surface area contributed by atoms with Gasteiger partial charge in [0.2, 0.25) is 0 Å². The molecule has 1 aliphatic rings. The SMILES string of the molecule is Cc1ccc(C(=O)O)cc1N1CC(CCC[C@H](C)c2cccc3ccccc23)Oc2ccccc21. The molecule has 5 rings (SSSR count). The Labute approximate surface area is 206 Å². The average Bonchev–Trinajstić information content (AvgIpc) is 2.88. The van der Waals surface area contributed by atoms with Crippen LogP contribution in [0.3, 0.4) is 0 Å². The third-order valence-electron chi connectivity index (χ3n) is 7.10. The molecule has 178 valence electrons. The van der Waals surface area contributed by atoms with E-state index in [4.69, 9.17) is 4.74 Å². The molecule has 35 heavy (non-hydrogen) atoms. The molecule has 0 spiro atoms. The van der Waals surface area contributed by atoms with Gasteiger partial charge in [0.05, 0.1) is 17.8 Å². The maximum Gasteiger partial charge on any atom is 0.335 e. The van der Waals surface area contributed by atoms with Crippen LogP contribution in [0.15, 0.2) is 84.9 Å². The van der Waals surface area contributed by atoms with Gasteiger partial charge in [0.25, 0.3) is 0 Å². The summed E-state index contributed by atoms with van der Waals surface area (Å²) < 4.78 is 6.40. The van der Waals surface area contributed by atoms with E-state index in [2.05, 4.69) is 54.3 Å². The lowest BCUT2D eigenvalue weighted by molar-refractivity contribution is 0.0697. The lowest BCUT2D eigenvalue weighted by Gasteiger charge is -2.37. The Balaban J connectivity index is 1.33. The summed E-state index contributed by atoms with van der Waals surface area (Å²) in [4.78, 5) is 13.8. The second kappa shape index (κ2) is 9.83. The van der Waals surface area contributed by atoms with Crippen molar-refractivity contribution in [1.82, 2.24) is 0 Å². The van der Waals surface area contributed by atoms with Crippen LogP contribution in [-0.4, -0.2) is 23.7 Å². The van der Waals surface area contributed by atoms with Crippen LogP contribution in [0.2, 0.25) is 0 Å². The Morgan fingerprint density at radius 2 is 1.77 bits per heavy atom. The highest BCUT2D eigenvalue weighted by Crippen LogP contribution is 2.40. The number of carboxylic acids is 1. The van der Waals surface area contributed by atoms with Crippen LogP contribution in [0.4, 0.5) is 11.4 Å². The maximum atomic E-state index is 11.6. The largest absolute Gasteiger partial charge is 0.486 e. The topological polar surface area (TPSA) is 49.8 Å². The van der Waals surface area contributed by atoms with Gasteiger partial charge in [-0.05, 0) is 78.3 Å². The molecule has 1 N–H and O–H groups in total. The fourth-order valence-electron chi connectivity index (χ4n) is 5.20. The molecule has 1 aliphatic heterocycles. The van der Waals surface area contributed by atoms with Gasteiger partial charge in [-0.15, -0.1) is 0 Å². The third kappa shape index (κ3) is 4.74. The van der Waals surface area contributed by atoms with E-state index in [-0.39, 0.29) is 6.10 Å². The molecule has 0 radical (unpaired) electrons. The van der Waals surface area contributed by atoms with E-state index in [1.807, 2.05) is 37.3 Å². The zero-order valence-corrected chi connectivity index (χ0v) is 20.3. The van der Waals surface area contributed by atoms with Gasteiger partial charge in [0.1, 0.15) is 11.9 Å². The number of carbonyl (C=O) groups is 1. The molecule has 4 heteroatoms.